The molecule has 0 aliphatic heterocycles. The standard InChI is InChI=1S/C16H13NO5/c1-22-15-8-7-12(9-14(15)17(20)21)13(10-16(18)19)11-5-3-2-4-6-11/h2-10H,1H3,(H,18,19). The van der Waals surface area contributed by atoms with Crippen LogP contribution < -0.4 is 4.74 Å². The van der Waals surface area contributed by atoms with Gasteiger partial charge in [0.2, 0.25) is 0 Å². The number of rotatable bonds is 5. The van der Waals surface area contributed by atoms with Crippen molar-refractivity contribution in [1.29, 1.82) is 0 Å². The fraction of sp³-hybridized carbons (Fsp3) is 0.0625. The van der Waals surface area contributed by atoms with Crippen molar-refractivity contribution >= 4 is 17.2 Å². The van der Waals surface area contributed by atoms with Crippen molar-refractivity contribution in [3.05, 3.63) is 75.8 Å². The van der Waals surface area contributed by atoms with E-state index in [4.69, 9.17) is 9.84 Å². The summed E-state index contributed by atoms with van der Waals surface area (Å²) >= 11 is 0. The molecule has 0 spiro atoms. The van der Waals surface area contributed by atoms with E-state index in [-0.39, 0.29) is 11.4 Å². The summed E-state index contributed by atoms with van der Waals surface area (Å²) in [7, 11) is 1.34. The first kappa shape index (κ1) is 15.2. The lowest BCUT2D eigenvalue weighted by Gasteiger charge is -2.09. The molecule has 2 rings (SSSR count). The summed E-state index contributed by atoms with van der Waals surface area (Å²) < 4.78 is 4.95. The second-order valence-corrected chi connectivity index (χ2v) is 4.41. The number of nitrogens with zero attached hydrogens (tertiary/aromatic N) is 1. The number of carboxylic acids is 1. The van der Waals surface area contributed by atoms with Crippen molar-refractivity contribution in [2.24, 2.45) is 0 Å². The maximum absolute atomic E-state index is 11.1. The van der Waals surface area contributed by atoms with E-state index in [0.29, 0.717) is 16.7 Å². The van der Waals surface area contributed by atoms with Crippen molar-refractivity contribution in [2.75, 3.05) is 7.11 Å². The van der Waals surface area contributed by atoms with Crippen LogP contribution in [0, 0.1) is 10.1 Å². The molecule has 22 heavy (non-hydrogen) atoms. The van der Waals surface area contributed by atoms with Crippen molar-refractivity contribution in [3.63, 3.8) is 0 Å². The largest absolute Gasteiger partial charge is 0.490 e. The molecule has 6 nitrogen and oxygen atoms in total. The van der Waals surface area contributed by atoms with Gasteiger partial charge >= 0.3 is 11.7 Å². The zero-order valence-electron chi connectivity index (χ0n) is 11.7. The Morgan fingerprint density at radius 2 is 1.86 bits per heavy atom. The van der Waals surface area contributed by atoms with E-state index in [1.165, 1.54) is 19.2 Å². The molecular formula is C16H13NO5. The van der Waals surface area contributed by atoms with Gasteiger partial charge in [-0.1, -0.05) is 36.4 Å². The second-order valence-electron chi connectivity index (χ2n) is 4.41. The molecule has 0 aliphatic carbocycles. The van der Waals surface area contributed by atoms with Crippen LogP contribution in [0.3, 0.4) is 0 Å². The smallest absolute Gasteiger partial charge is 0.328 e. The fourth-order valence-electron chi connectivity index (χ4n) is 2.07. The number of carboxylic acid groups (broad SMARTS) is 1. The average molecular weight is 299 g/mol. The van der Waals surface area contributed by atoms with Crippen LogP contribution >= 0.6 is 0 Å². The minimum absolute atomic E-state index is 0.122. The van der Waals surface area contributed by atoms with E-state index in [0.717, 1.165) is 6.08 Å². The normalized spacial score (nSPS) is 11.0. The van der Waals surface area contributed by atoms with Gasteiger partial charge in [0.25, 0.3) is 0 Å². The molecule has 6 heteroatoms. The van der Waals surface area contributed by atoms with Crippen LogP contribution in [0.2, 0.25) is 0 Å². The Labute approximate surface area is 126 Å². The van der Waals surface area contributed by atoms with Crippen LogP contribution in [-0.2, 0) is 4.79 Å². The third-order valence-corrected chi connectivity index (χ3v) is 3.04. The minimum atomic E-state index is -1.13. The average Bonchev–Trinajstić information content (AvgIpc) is 2.52. The van der Waals surface area contributed by atoms with Gasteiger partial charge in [0.1, 0.15) is 0 Å². The van der Waals surface area contributed by atoms with Gasteiger partial charge in [-0.25, -0.2) is 4.79 Å². The highest BCUT2D eigenvalue weighted by atomic mass is 16.6. The molecular weight excluding hydrogens is 286 g/mol. The van der Waals surface area contributed by atoms with Gasteiger partial charge in [-0.15, -0.1) is 0 Å². The summed E-state index contributed by atoms with van der Waals surface area (Å²) in [6, 6.07) is 13.2. The monoisotopic (exact) mass is 299 g/mol. The molecule has 0 aliphatic rings. The summed E-state index contributed by atoms with van der Waals surface area (Å²) in [6.45, 7) is 0. The Balaban J connectivity index is 2.61. The molecule has 0 unspecified atom stereocenters. The molecule has 0 atom stereocenters. The Morgan fingerprint density at radius 1 is 1.18 bits per heavy atom. The summed E-state index contributed by atoms with van der Waals surface area (Å²) in [5.74, 6) is -1.01. The Hall–Kier alpha value is -3.15. The SMILES string of the molecule is COc1ccc(C(=CC(=O)O)c2ccccc2)cc1[N+](=O)[O-]. The molecule has 0 saturated carbocycles. The van der Waals surface area contributed by atoms with Crippen LogP contribution in [0.15, 0.2) is 54.6 Å². The Bertz CT molecular complexity index is 737. The lowest BCUT2D eigenvalue weighted by Crippen LogP contribution is -1.98. The van der Waals surface area contributed by atoms with Gasteiger partial charge < -0.3 is 9.84 Å². The highest BCUT2D eigenvalue weighted by molar-refractivity contribution is 5.95. The highest BCUT2D eigenvalue weighted by Gasteiger charge is 2.17. The molecule has 0 saturated heterocycles. The van der Waals surface area contributed by atoms with Crippen molar-refractivity contribution in [2.45, 2.75) is 0 Å². The Kier molecular flexibility index (Phi) is 4.53. The predicted octanol–water partition coefficient (Wildman–Crippen LogP) is 3.12. The van der Waals surface area contributed by atoms with E-state index in [9.17, 15) is 14.9 Å². The van der Waals surface area contributed by atoms with Gasteiger partial charge in [0.15, 0.2) is 5.75 Å². The topological polar surface area (TPSA) is 89.7 Å². The number of ether oxygens (including phenoxy) is 1. The van der Waals surface area contributed by atoms with Crippen molar-refractivity contribution in [3.8, 4) is 5.75 Å². The summed E-state index contributed by atoms with van der Waals surface area (Å²) in [5, 5.41) is 20.2. The van der Waals surface area contributed by atoms with Gasteiger partial charge in [0.05, 0.1) is 12.0 Å². The summed E-state index contributed by atoms with van der Waals surface area (Å²) in [6.07, 6.45) is 1.03. The molecule has 2 aromatic carbocycles. The first-order valence-electron chi connectivity index (χ1n) is 6.35. The van der Waals surface area contributed by atoms with Gasteiger partial charge in [-0.2, -0.15) is 0 Å². The predicted molar refractivity (Wildman–Crippen MR) is 80.8 cm³/mol. The van der Waals surface area contributed by atoms with Gasteiger partial charge in [-0.05, 0) is 22.8 Å². The van der Waals surface area contributed by atoms with E-state index >= 15 is 0 Å². The van der Waals surface area contributed by atoms with Crippen molar-refractivity contribution in [1.82, 2.24) is 0 Å². The molecule has 0 radical (unpaired) electrons. The number of methoxy groups -OCH3 is 1. The third-order valence-electron chi connectivity index (χ3n) is 3.04. The maximum atomic E-state index is 11.1. The van der Waals surface area contributed by atoms with Crippen molar-refractivity contribution < 1.29 is 19.6 Å². The molecule has 0 amide bonds. The lowest BCUT2D eigenvalue weighted by atomic mass is 9.97. The molecule has 0 heterocycles. The quantitative estimate of drug-likeness (QED) is 0.520. The van der Waals surface area contributed by atoms with Crippen LogP contribution in [0.1, 0.15) is 11.1 Å². The Morgan fingerprint density at radius 3 is 2.41 bits per heavy atom. The van der Waals surface area contributed by atoms with E-state index < -0.39 is 10.9 Å². The first-order valence-corrected chi connectivity index (χ1v) is 6.35. The van der Waals surface area contributed by atoms with Crippen LogP contribution in [0.25, 0.3) is 5.57 Å². The highest BCUT2D eigenvalue weighted by Crippen LogP contribution is 2.32. The van der Waals surface area contributed by atoms with Crippen LogP contribution in [0.5, 0.6) is 5.75 Å². The molecule has 1 N–H and O–H groups in total. The zero-order chi connectivity index (χ0) is 16.1. The van der Waals surface area contributed by atoms with Gasteiger partial charge in [0, 0.05) is 12.1 Å². The second kappa shape index (κ2) is 6.53. The fourth-order valence-corrected chi connectivity index (χ4v) is 2.07. The summed E-state index contributed by atoms with van der Waals surface area (Å²) in [5.41, 5.74) is 1.26. The van der Waals surface area contributed by atoms with Crippen LogP contribution in [-0.4, -0.2) is 23.1 Å². The molecule has 0 bridgehead atoms. The number of hydrogen-bond acceptors (Lipinski definition) is 4. The lowest BCUT2D eigenvalue weighted by molar-refractivity contribution is -0.385. The molecule has 2 aromatic rings. The number of nitro benzene ring substituents is 1. The number of carbonyl (C=O) groups is 1. The number of nitro groups is 1. The van der Waals surface area contributed by atoms with E-state index in [1.807, 2.05) is 0 Å². The summed E-state index contributed by atoms with van der Waals surface area (Å²) in [4.78, 5) is 21.6. The third kappa shape index (κ3) is 3.29. The molecule has 112 valence electrons. The molecule has 0 aromatic heterocycles. The van der Waals surface area contributed by atoms with Gasteiger partial charge in [-0.3, -0.25) is 10.1 Å². The number of benzene rings is 2. The van der Waals surface area contributed by atoms with Crippen LogP contribution in [0.4, 0.5) is 5.69 Å². The zero-order valence-corrected chi connectivity index (χ0v) is 11.7. The van der Waals surface area contributed by atoms with E-state index in [2.05, 4.69) is 0 Å². The first-order chi connectivity index (χ1) is 10.5. The number of aliphatic carboxylic acids is 1. The minimum Gasteiger partial charge on any atom is -0.490 e. The van der Waals surface area contributed by atoms with E-state index in [1.54, 1.807) is 36.4 Å². The maximum Gasteiger partial charge on any atom is 0.328 e. The number of hydrogen-bond donors (Lipinski definition) is 1. The molecule has 0 fully saturated rings.